The number of nitrogens with zero attached hydrogens (tertiary/aromatic N) is 2. The number of carbonyl (C=O) groups excluding carboxylic acids is 2. The molecule has 2 amide bonds. The zero-order chi connectivity index (χ0) is 27.3. The van der Waals surface area contributed by atoms with Gasteiger partial charge in [0, 0.05) is 19.2 Å². The van der Waals surface area contributed by atoms with Gasteiger partial charge in [0.25, 0.3) is 0 Å². The van der Waals surface area contributed by atoms with Gasteiger partial charge in [-0.15, -0.1) is 0 Å². The number of carbonyl (C=O) groups is 2. The van der Waals surface area contributed by atoms with Crippen molar-refractivity contribution in [2.75, 3.05) is 29.5 Å². The molecule has 0 bridgehead atoms. The van der Waals surface area contributed by atoms with Gasteiger partial charge in [0.15, 0.2) is 0 Å². The Balaban J connectivity index is 1.47. The quantitative estimate of drug-likeness (QED) is 0.273. The van der Waals surface area contributed by atoms with Gasteiger partial charge in [-0.05, 0) is 47.9 Å². The number of β-amino-alcohol motifs (C(OH)–C–C–N with tert-alkyl or cyclic N) is 1. The molecule has 11 heteroatoms. The standard InChI is InChI=1S/C27H26F3N5O3/c28-27(29,30)23-11-10-19(15-32-23)33-26(38)25(35-14-13-20(36)16-35)18-8-5-17(6-9-18)7-12-24(37)34-22-4-2-1-3-21(22)31/h1-12,15,20,25,36H,13-14,16,31H2,(H,33,38)(H,34,37)/b12-7+/t20-,25?/m0/s1. The monoisotopic (exact) mass is 525 g/mol. The Kier molecular flexibility index (Phi) is 8.08. The van der Waals surface area contributed by atoms with Gasteiger partial charge >= 0.3 is 6.18 Å². The van der Waals surface area contributed by atoms with Gasteiger partial charge in [-0.1, -0.05) is 36.4 Å². The SMILES string of the molecule is Nc1ccccc1NC(=O)/C=C/c1ccc(C(C(=O)Nc2ccc(C(F)(F)F)nc2)N2CC[C@H](O)C2)cc1. The van der Waals surface area contributed by atoms with Gasteiger partial charge in [0.05, 0.1) is 29.4 Å². The largest absolute Gasteiger partial charge is 0.433 e. The number of halogens is 3. The Labute approximate surface area is 217 Å². The summed E-state index contributed by atoms with van der Waals surface area (Å²) in [5, 5.41) is 15.3. The smallest absolute Gasteiger partial charge is 0.397 e. The molecule has 1 aliphatic heterocycles. The predicted octanol–water partition coefficient (Wildman–Crippen LogP) is 4.08. The number of alkyl halides is 3. The summed E-state index contributed by atoms with van der Waals surface area (Å²) < 4.78 is 38.4. The van der Waals surface area contributed by atoms with E-state index < -0.39 is 29.9 Å². The van der Waals surface area contributed by atoms with Crippen LogP contribution in [0, 0.1) is 0 Å². The number of aliphatic hydroxyl groups is 1. The number of aliphatic hydroxyl groups excluding tert-OH is 1. The number of likely N-dealkylation sites (tertiary alicyclic amines) is 1. The zero-order valence-corrected chi connectivity index (χ0v) is 20.2. The van der Waals surface area contributed by atoms with E-state index in [4.69, 9.17) is 5.73 Å². The minimum absolute atomic E-state index is 0.123. The highest BCUT2D eigenvalue weighted by atomic mass is 19.4. The zero-order valence-electron chi connectivity index (χ0n) is 20.2. The van der Waals surface area contributed by atoms with Crippen molar-refractivity contribution in [1.29, 1.82) is 0 Å². The molecule has 2 heterocycles. The molecule has 0 saturated carbocycles. The number of benzene rings is 2. The van der Waals surface area contributed by atoms with Crippen LogP contribution in [-0.4, -0.2) is 46.0 Å². The summed E-state index contributed by atoms with van der Waals surface area (Å²) in [6, 6.07) is 15.0. The second-order valence-electron chi connectivity index (χ2n) is 8.84. The summed E-state index contributed by atoms with van der Waals surface area (Å²) in [6.07, 6.45) is -0.743. The first-order valence-corrected chi connectivity index (χ1v) is 11.8. The first-order valence-electron chi connectivity index (χ1n) is 11.8. The minimum Gasteiger partial charge on any atom is -0.397 e. The second-order valence-corrected chi connectivity index (χ2v) is 8.84. The fourth-order valence-corrected chi connectivity index (χ4v) is 4.12. The van der Waals surface area contributed by atoms with Crippen molar-refractivity contribution in [3.8, 4) is 0 Å². The predicted molar refractivity (Wildman–Crippen MR) is 138 cm³/mol. The molecule has 0 radical (unpaired) electrons. The topological polar surface area (TPSA) is 121 Å². The first-order chi connectivity index (χ1) is 18.1. The molecule has 5 N–H and O–H groups in total. The highest BCUT2D eigenvalue weighted by Gasteiger charge is 2.34. The van der Waals surface area contributed by atoms with Crippen molar-refractivity contribution < 1.29 is 27.9 Å². The fourth-order valence-electron chi connectivity index (χ4n) is 4.12. The lowest BCUT2D eigenvalue weighted by Gasteiger charge is -2.27. The number of amides is 2. The van der Waals surface area contributed by atoms with E-state index in [-0.39, 0.29) is 18.1 Å². The Bertz CT molecular complexity index is 1310. The summed E-state index contributed by atoms with van der Waals surface area (Å²) in [5.41, 5.74) is 7.18. The van der Waals surface area contributed by atoms with E-state index in [0.29, 0.717) is 35.5 Å². The molecule has 8 nitrogen and oxygen atoms in total. The first kappa shape index (κ1) is 26.8. The number of nitrogens with one attached hydrogen (secondary N) is 2. The summed E-state index contributed by atoms with van der Waals surface area (Å²) in [6.45, 7) is 0.739. The maximum Gasteiger partial charge on any atom is 0.433 e. The highest BCUT2D eigenvalue weighted by Crippen LogP contribution is 2.30. The van der Waals surface area contributed by atoms with Gasteiger partial charge in [0.1, 0.15) is 11.7 Å². The van der Waals surface area contributed by atoms with Crippen LogP contribution in [-0.2, 0) is 15.8 Å². The van der Waals surface area contributed by atoms with E-state index in [1.807, 2.05) is 0 Å². The van der Waals surface area contributed by atoms with Crippen LogP contribution in [0.2, 0.25) is 0 Å². The maximum absolute atomic E-state index is 13.2. The van der Waals surface area contributed by atoms with E-state index >= 15 is 0 Å². The van der Waals surface area contributed by atoms with Crippen LogP contribution in [0.15, 0.2) is 72.9 Å². The number of anilines is 3. The van der Waals surface area contributed by atoms with Crippen molar-refractivity contribution in [2.24, 2.45) is 0 Å². The third-order valence-electron chi connectivity index (χ3n) is 6.03. The van der Waals surface area contributed by atoms with E-state index in [9.17, 15) is 27.9 Å². The number of hydrogen-bond donors (Lipinski definition) is 4. The van der Waals surface area contributed by atoms with Gasteiger partial charge in [-0.25, -0.2) is 4.98 Å². The molecule has 1 fully saturated rings. The van der Waals surface area contributed by atoms with Gasteiger partial charge in [-0.2, -0.15) is 13.2 Å². The Morgan fingerprint density at radius 2 is 1.82 bits per heavy atom. The molecular formula is C27H26F3N5O3. The molecule has 3 aromatic rings. The van der Waals surface area contributed by atoms with E-state index in [1.54, 1.807) is 59.5 Å². The van der Waals surface area contributed by atoms with Crippen LogP contribution < -0.4 is 16.4 Å². The Hall–Kier alpha value is -4.22. The summed E-state index contributed by atoms with van der Waals surface area (Å²) >= 11 is 0. The number of hydrogen-bond acceptors (Lipinski definition) is 6. The lowest BCUT2D eigenvalue weighted by atomic mass is 10.0. The lowest BCUT2D eigenvalue weighted by molar-refractivity contribution is -0.141. The molecule has 2 aromatic carbocycles. The van der Waals surface area contributed by atoms with E-state index in [2.05, 4.69) is 15.6 Å². The number of para-hydroxylation sites is 2. The van der Waals surface area contributed by atoms with E-state index in [1.165, 1.54) is 6.08 Å². The Morgan fingerprint density at radius 1 is 1.08 bits per heavy atom. The van der Waals surface area contributed by atoms with Crippen LogP contribution >= 0.6 is 0 Å². The third kappa shape index (κ3) is 6.75. The van der Waals surface area contributed by atoms with Crippen LogP contribution in [0.25, 0.3) is 6.08 Å². The summed E-state index contributed by atoms with van der Waals surface area (Å²) in [4.78, 5) is 30.7. The molecule has 0 aliphatic carbocycles. The molecule has 1 saturated heterocycles. The molecule has 38 heavy (non-hydrogen) atoms. The van der Waals surface area contributed by atoms with E-state index in [0.717, 1.165) is 18.3 Å². The molecule has 1 unspecified atom stereocenters. The average Bonchev–Trinajstić information content (AvgIpc) is 3.30. The number of nitrogen functional groups attached to an aromatic ring is 1. The van der Waals surface area contributed by atoms with Crippen LogP contribution in [0.1, 0.15) is 29.3 Å². The van der Waals surface area contributed by atoms with Gasteiger partial charge in [0.2, 0.25) is 11.8 Å². The number of nitrogens with two attached hydrogens (primary N) is 1. The third-order valence-corrected chi connectivity index (χ3v) is 6.03. The Morgan fingerprint density at radius 3 is 2.42 bits per heavy atom. The van der Waals surface area contributed by atoms with Crippen LogP contribution in [0.5, 0.6) is 0 Å². The molecule has 0 spiro atoms. The molecule has 4 rings (SSSR count). The summed E-state index contributed by atoms with van der Waals surface area (Å²) in [7, 11) is 0. The van der Waals surface area contributed by atoms with Crippen LogP contribution in [0.3, 0.4) is 0 Å². The number of rotatable bonds is 7. The van der Waals surface area contributed by atoms with Crippen LogP contribution in [0.4, 0.5) is 30.2 Å². The average molecular weight is 526 g/mol. The van der Waals surface area contributed by atoms with Crippen molar-refractivity contribution >= 4 is 35.0 Å². The lowest BCUT2D eigenvalue weighted by Crippen LogP contribution is -2.36. The van der Waals surface area contributed by atoms with Crippen molar-refractivity contribution in [1.82, 2.24) is 9.88 Å². The normalized spacial score (nSPS) is 16.9. The van der Waals surface area contributed by atoms with Gasteiger partial charge < -0.3 is 21.5 Å². The van der Waals surface area contributed by atoms with Crippen molar-refractivity contribution in [3.05, 3.63) is 89.8 Å². The van der Waals surface area contributed by atoms with Gasteiger partial charge in [-0.3, -0.25) is 14.5 Å². The van der Waals surface area contributed by atoms with Crippen molar-refractivity contribution in [3.63, 3.8) is 0 Å². The summed E-state index contributed by atoms with van der Waals surface area (Å²) in [5.74, 6) is -0.829. The number of pyridine rings is 1. The van der Waals surface area contributed by atoms with Crippen molar-refractivity contribution in [2.45, 2.75) is 24.7 Å². The molecule has 1 aliphatic rings. The maximum atomic E-state index is 13.2. The molecule has 1 aromatic heterocycles. The second kappa shape index (κ2) is 11.4. The minimum atomic E-state index is -4.58. The molecular weight excluding hydrogens is 499 g/mol. The molecule has 2 atom stereocenters. The fraction of sp³-hybridized carbons (Fsp3) is 0.222. The highest BCUT2D eigenvalue weighted by molar-refractivity contribution is 6.03. The molecule has 198 valence electrons. The number of aromatic nitrogens is 1.